The molecule has 0 bridgehead atoms. The van der Waals surface area contributed by atoms with E-state index in [1.54, 1.807) is 6.07 Å². The Labute approximate surface area is 84.0 Å². The van der Waals surface area contributed by atoms with Crippen LogP contribution in [0.25, 0.3) is 0 Å². The molecule has 1 aromatic rings. The van der Waals surface area contributed by atoms with Gasteiger partial charge in [0.25, 0.3) is 0 Å². The molecule has 0 atom stereocenters. The van der Waals surface area contributed by atoms with E-state index in [4.69, 9.17) is 5.11 Å². The number of nitrogens with zero attached hydrogens (tertiary/aromatic N) is 1. The van der Waals surface area contributed by atoms with Gasteiger partial charge in [0.1, 0.15) is 6.29 Å². The van der Waals surface area contributed by atoms with E-state index in [0.29, 0.717) is 12.0 Å². The van der Waals surface area contributed by atoms with Crippen LogP contribution in [0, 0.1) is 0 Å². The van der Waals surface area contributed by atoms with Crippen molar-refractivity contribution in [3.05, 3.63) is 29.3 Å². The molecular weight excluding hydrogens is 178 g/mol. The minimum atomic E-state index is 0.100. The lowest BCUT2D eigenvalue weighted by atomic mass is 10.1. The molecule has 0 saturated heterocycles. The van der Waals surface area contributed by atoms with Gasteiger partial charge in [0, 0.05) is 32.0 Å². The van der Waals surface area contributed by atoms with E-state index < -0.39 is 0 Å². The Kier molecular flexibility index (Phi) is 3.65. The largest absolute Gasteiger partial charge is 0.396 e. The fourth-order valence-corrected chi connectivity index (χ4v) is 1.44. The first-order valence-corrected chi connectivity index (χ1v) is 4.55. The molecular formula is C11H15NO2. The second kappa shape index (κ2) is 4.77. The average Bonchev–Trinajstić information content (AvgIpc) is 2.17. The van der Waals surface area contributed by atoms with Crippen LogP contribution < -0.4 is 4.90 Å². The van der Waals surface area contributed by atoms with Gasteiger partial charge in [-0.25, -0.2) is 0 Å². The van der Waals surface area contributed by atoms with E-state index in [9.17, 15) is 4.79 Å². The molecule has 3 nitrogen and oxygen atoms in total. The van der Waals surface area contributed by atoms with Crippen molar-refractivity contribution >= 4 is 12.0 Å². The Morgan fingerprint density at radius 3 is 2.64 bits per heavy atom. The van der Waals surface area contributed by atoms with Crippen LogP contribution in [0.2, 0.25) is 0 Å². The molecule has 14 heavy (non-hydrogen) atoms. The van der Waals surface area contributed by atoms with Crippen LogP contribution in [0.4, 0.5) is 5.69 Å². The van der Waals surface area contributed by atoms with Crippen molar-refractivity contribution in [1.82, 2.24) is 0 Å². The van der Waals surface area contributed by atoms with Crippen molar-refractivity contribution in [2.24, 2.45) is 0 Å². The number of carbonyl (C=O) groups excluding carboxylic acids is 1. The summed E-state index contributed by atoms with van der Waals surface area (Å²) < 4.78 is 0. The monoisotopic (exact) mass is 193 g/mol. The van der Waals surface area contributed by atoms with Gasteiger partial charge in [-0.2, -0.15) is 0 Å². The van der Waals surface area contributed by atoms with Crippen LogP contribution >= 0.6 is 0 Å². The first-order chi connectivity index (χ1) is 6.69. The van der Waals surface area contributed by atoms with Gasteiger partial charge in [0.15, 0.2) is 0 Å². The highest BCUT2D eigenvalue weighted by atomic mass is 16.2. The summed E-state index contributed by atoms with van der Waals surface area (Å²) in [6.07, 6.45) is 1.40. The maximum Gasteiger partial charge on any atom is 0.150 e. The molecule has 1 N–H and O–H groups in total. The van der Waals surface area contributed by atoms with Gasteiger partial charge in [-0.3, -0.25) is 4.79 Å². The lowest BCUT2D eigenvalue weighted by Gasteiger charge is -2.17. The number of aldehydes is 1. The molecule has 1 rings (SSSR count). The molecule has 0 unspecified atom stereocenters. The summed E-state index contributed by atoms with van der Waals surface area (Å²) in [6, 6.07) is 5.50. The smallest absolute Gasteiger partial charge is 0.150 e. The van der Waals surface area contributed by atoms with E-state index in [0.717, 1.165) is 17.5 Å². The fourth-order valence-electron chi connectivity index (χ4n) is 1.44. The van der Waals surface area contributed by atoms with Crippen molar-refractivity contribution in [2.45, 2.75) is 6.42 Å². The first-order valence-electron chi connectivity index (χ1n) is 4.55. The highest BCUT2D eigenvalue weighted by Crippen LogP contribution is 2.19. The zero-order valence-corrected chi connectivity index (χ0v) is 8.53. The first kappa shape index (κ1) is 10.7. The second-order valence-corrected chi connectivity index (χ2v) is 3.37. The summed E-state index contributed by atoms with van der Waals surface area (Å²) in [5.41, 5.74) is 2.70. The number of aliphatic hydroxyl groups is 1. The van der Waals surface area contributed by atoms with Crippen molar-refractivity contribution < 1.29 is 9.90 Å². The van der Waals surface area contributed by atoms with E-state index in [1.165, 1.54) is 0 Å². The normalized spacial score (nSPS) is 9.93. The molecule has 0 fully saturated rings. The SMILES string of the molecule is CN(C)c1ccc(C=O)cc1CCO. The zero-order chi connectivity index (χ0) is 10.6. The minimum absolute atomic E-state index is 0.100. The minimum Gasteiger partial charge on any atom is -0.396 e. The van der Waals surface area contributed by atoms with Crippen molar-refractivity contribution in [3.8, 4) is 0 Å². The number of rotatable bonds is 4. The number of benzene rings is 1. The molecule has 0 aliphatic heterocycles. The van der Waals surface area contributed by atoms with Gasteiger partial charge in [-0.15, -0.1) is 0 Å². The quantitative estimate of drug-likeness (QED) is 0.728. The Hall–Kier alpha value is -1.35. The third-order valence-corrected chi connectivity index (χ3v) is 2.10. The van der Waals surface area contributed by atoms with Crippen molar-refractivity contribution in [3.63, 3.8) is 0 Å². The van der Waals surface area contributed by atoms with Crippen LogP contribution in [-0.4, -0.2) is 32.1 Å². The number of carbonyl (C=O) groups is 1. The van der Waals surface area contributed by atoms with Crippen LogP contribution in [0.5, 0.6) is 0 Å². The zero-order valence-electron chi connectivity index (χ0n) is 8.53. The molecule has 0 aliphatic rings. The van der Waals surface area contributed by atoms with Gasteiger partial charge in [-0.05, 0) is 30.2 Å². The maximum atomic E-state index is 10.6. The molecule has 0 aliphatic carbocycles. The lowest BCUT2D eigenvalue weighted by Crippen LogP contribution is -2.12. The van der Waals surface area contributed by atoms with Crippen LogP contribution in [0.1, 0.15) is 15.9 Å². The maximum absolute atomic E-state index is 10.6. The molecule has 0 spiro atoms. The number of hydrogen-bond acceptors (Lipinski definition) is 3. The number of anilines is 1. The van der Waals surface area contributed by atoms with Crippen molar-refractivity contribution in [1.29, 1.82) is 0 Å². The highest BCUT2D eigenvalue weighted by molar-refractivity contribution is 5.77. The fraction of sp³-hybridized carbons (Fsp3) is 0.364. The lowest BCUT2D eigenvalue weighted by molar-refractivity contribution is 0.112. The molecule has 76 valence electrons. The molecule has 0 radical (unpaired) electrons. The van der Waals surface area contributed by atoms with E-state index in [2.05, 4.69) is 0 Å². The summed E-state index contributed by atoms with van der Waals surface area (Å²) in [6.45, 7) is 0.100. The van der Waals surface area contributed by atoms with E-state index in [-0.39, 0.29) is 6.61 Å². The number of aliphatic hydroxyl groups excluding tert-OH is 1. The summed E-state index contributed by atoms with van der Waals surface area (Å²) in [5.74, 6) is 0. The van der Waals surface area contributed by atoms with Gasteiger partial charge in [0.2, 0.25) is 0 Å². The summed E-state index contributed by atoms with van der Waals surface area (Å²) in [4.78, 5) is 12.5. The second-order valence-electron chi connectivity index (χ2n) is 3.37. The number of hydrogen-bond donors (Lipinski definition) is 1. The Balaban J connectivity index is 3.09. The Bertz CT molecular complexity index is 321. The van der Waals surface area contributed by atoms with Crippen LogP contribution in [-0.2, 0) is 6.42 Å². The third-order valence-electron chi connectivity index (χ3n) is 2.10. The summed E-state index contributed by atoms with van der Waals surface area (Å²) in [5, 5.41) is 8.88. The predicted octanol–water partition coefficient (Wildman–Crippen LogP) is 1.10. The average molecular weight is 193 g/mol. The molecule has 3 heteroatoms. The Morgan fingerprint density at radius 1 is 1.43 bits per heavy atom. The Morgan fingerprint density at radius 2 is 2.14 bits per heavy atom. The summed E-state index contributed by atoms with van der Waals surface area (Å²) in [7, 11) is 3.88. The van der Waals surface area contributed by atoms with Crippen LogP contribution in [0.15, 0.2) is 18.2 Å². The molecule has 0 aromatic heterocycles. The van der Waals surface area contributed by atoms with E-state index in [1.807, 2.05) is 31.1 Å². The summed E-state index contributed by atoms with van der Waals surface area (Å²) >= 11 is 0. The van der Waals surface area contributed by atoms with Gasteiger partial charge in [0.05, 0.1) is 0 Å². The van der Waals surface area contributed by atoms with Crippen LogP contribution in [0.3, 0.4) is 0 Å². The highest BCUT2D eigenvalue weighted by Gasteiger charge is 2.04. The predicted molar refractivity (Wildman–Crippen MR) is 56.9 cm³/mol. The van der Waals surface area contributed by atoms with Gasteiger partial charge < -0.3 is 10.0 Å². The molecule has 0 heterocycles. The molecule has 0 amide bonds. The standard InChI is InChI=1S/C11H15NO2/c1-12(2)11-4-3-9(8-14)7-10(11)5-6-13/h3-4,7-8,13H,5-6H2,1-2H3. The van der Waals surface area contributed by atoms with Gasteiger partial charge >= 0.3 is 0 Å². The van der Waals surface area contributed by atoms with Gasteiger partial charge in [-0.1, -0.05) is 0 Å². The third kappa shape index (κ3) is 2.33. The topological polar surface area (TPSA) is 40.5 Å². The van der Waals surface area contributed by atoms with Crippen molar-refractivity contribution in [2.75, 3.05) is 25.6 Å². The van der Waals surface area contributed by atoms with E-state index >= 15 is 0 Å². The molecule has 1 aromatic carbocycles. The molecule has 0 saturated carbocycles.